The van der Waals surface area contributed by atoms with Crippen molar-refractivity contribution in [1.82, 2.24) is 4.98 Å². The third kappa shape index (κ3) is 2.80. The van der Waals surface area contributed by atoms with Crippen LogP contribution in [0, 0.1) is 6.92 Å². The minimum atomic E-state index is 0.397. The van der Waals surface area contributed by atoms with Crippen molar-refractivity contribution in [3.8, 4) is 0 Å². The largest absolute Gasteiger partial charge is 0.356 e. The standard InChI is InChI=1S/C13H20BrN3/c1-9-7-8-16-13(12(9)14)17(2)11-5-3-10(15)4-6-11/h7-8,10-11H,3-6,15H2,1-2H3. The lowest BCUT2D eigenvalue weighted by Crippen LogP contribution is -2.39. The van der Waals surface area contributed by atoms with Gasteiger partial charge >= 0.3 is 0 Å². The molecule has 0 amide bonds. The zero-order valence-corrected chi connectivity index (χ0v) is 12.1. The van der Waals surface area contributed by atoms with Crippen molar-refractivity contribution in [3.63, 3.8) is 0 Å². The maximum absolute atomic E-state index is 5.95. The number of rotatable bonds is 2. The second kappa shape index (κ2) is 5.36. The molecule has 1 saturated carbocycles. The molecule has 1 aromatic rings. The molecule has 17 heavy (non-hydrogen) atoms. The highest BCUT2D eigenvalue weighted by molar-refractivity contribution is 9.10. The average molecular weight is 298 g/mol. The first-order valence-electron chi connectivity index (χ1n) is 6.19. The first-order chi connectivity index (χ1) is 8.09. The Morgan fingerprint density at radius 2 is 2.00 bits per heavy atom. The van der Waals surface area contributed by atoms with E-state index in [-0.39, 0.29) is 0 Å². The molecule has 2 N–H and O–H groups in total. The summed E-state index contributed by atoms with van der Waals surface area (Å²) in [5, 5.41) is 0. The minimum Gasteiger partial charge on any atom is -0.356 e. The fourth-order valence-electron chi connectivity index (χ4n) is 2.43. The van der Waals surface area contributed by atoms with Crippen LogP contribution in [-0.4, -0.2) is 24.1 Å². The molecular formula is C13H20BrN3. The summed E-state index contributed by atoms with van der Waals surface area (Å²) < 4.78 is 1.11. The van der Waals surface area contributed by atoms with Gasteiger partial charge in [0.25, 0.3) is 0 Å². The van der Waals surface area contributed by atoms with Gasteiger partial charge in [-0.15, -0.1) is 0 Å². The highest BCUT2D eigenvalue weighted by Crippen LogP contribution is 2.31. The molecule has 0 saturated heterocycles. The van der Waals surface area contributed by atoms with E-state index in [1.165, 1.54) is 18.4 Å². The molecule has 94 valence electrons. The van der Waals surface area contributed by atoms with Gasteiger partial charge in [-0.25, -0.2) is 4.98 Å². The summed E-state index contributed by atoms with van der Waals surface area (Å²) in [5.41, 5.74) is 7.18. The van der Waals surface area contributed by atoms with Gasteiger partial charge in [-0.1, -0.05) is 0 Å². The Labute approximate surface area is 112 Å². The lowest BCUT2D eigenvalue weighted by atomic mass is 9.91. The molecule has 4 heteroatoms. The van der Waals surface area contributed by atoms with Crippen molar-refractivity contribution in [1.29, 1.82) is 0 Å². The highest BCUT2D eigenvalue weighted by atomic mass is 79.9. The zero-order chi connectivity index (χ0) is 12.4. The molecule has 1 heterocycles. The molecule has 1 aliphatic carbocycles. The summed E-state index contributed by atoms with van der Waals surface area (Å²) in [6, 6.07) is 2.99. The molecule has 0 aliphatic heterocycles. The monoisotopic (exact) mass is 297 g/mol. The molecule has 1 aromatic heterocycles. The number of aryl methyl sites for hydroxylation is 1. The quantitative estimate of drug-likeness (QED) is 0.913. The van der Waals surface area contributed by atoms with Gasteiger partial charge in [0, 0.05) is 25.3 Å². The van der Waals surface area contributed by atoms with Crippen LogP contribution in [0.2, 0.25) is 0 Å². The number of hydrogen-bond donors (Lipinski definition) is 1. The van der Waals surface area contributed by atoms with Crippen LogP contribution in [0.15, 0.2) is 16.7 Å². The summed E-state index contributed by atoms with van der Waals surface area (Å²) in [5.74, 6) is 1.05. The van der Waals surface area contributed by atoms with Gasteiger partial charge in [-0.2, -0.15) is 0 Å². The Hall–Kier alpha value is -0.610. The SMILES string of the molecule is Cc1ccnc(N(C)C2CCC(N)CC2)c1Br. The van der Waals surface area contributed by atoms with Gasteiger partial charge in [0.2, 0.25) is 0 Å². The summed E-state index contributed by atoms with van der Waals surface area (Å²) in [6.07, 6.45) is 6.46. The fourth-order valence-corrected chi connectivity index (χ4v) is 2.95. The van der Waals surface area contributed by atoms with Crippen LogP contribution in [0.1, 0.15) is 31.2 Å². The van der Waals surface area contributed by atoms with E-state index in [2.05, 4.69) is 39.8 Å². The molecule has 3 nitrogen and oxygen atoms in total. The Bertz CT molecular complexity index is 386. The molecule has 0 bridgehead atoms. The molecule has 0 unspecified atom stereocenters. The fraction of sp³-hybridized carbons (Fsp3) is 0.615. The Morgan fingerprint density at radius 1 is 1.35 bits per heavy atom. The third-order valence-electron chi connectivity index (χ3n) is 3.69. The first kappa shape index (κ1) is 12.8. The van der Waals surface area contributed by atoms with Crippen molar-refractivity contribution < 1.29 is 0 Å². The number of hydrogen-bond acceptors (Lipinski definition) is 3. The van der Waals surface area contributed by atoms with Gasteiger partial charge in [0.15, 0.2) is 0 Å². The van der Waals surface area contributed by atoms with Crippen molar-refractivity contribution in [3.05, 3.63) is 22.3 Å². The molecule has 2 rings (SSSR count). The number of aromatic nitrogens is 1. The number of anilines is 1. The predicted molar refractivity (Wildman–Crippen MR) is 75.3 cm³/mol. The van der Waals surface area contributed by atoms with Crippen LogP contribution in [0.4, 0.5) is 5.82 Å². The van der Waals surface area contributed by atoms with E-state index in [1.54, 1.807) is 0 Å². The first-order valence-corrected chi connectivity index (χ1v) is 6.98. The Balaban J connectivity index is 2.14. The summed E-state index contributed by atoms with van der Waals surface area (Å²) in [7, 11) is 2.13. The van der Waals surface area contributed by atoms with Crippen molar-refractivity contribution in [2.75, 3.05) is 11.9 Å². The second-order valence-electron chi connectivity index (χ2n) is 4.94. The molecule has 0 radical (unpaired) electrons. The zero-order valence-electron chi connectivity index (χ0n) is 10.5. The molecule has 0 aromatic carbocycles. The number of halogens is 1. The van der Waals surface area contributed by atoms with Gasteiger partial charge in [0.05, 0.1) is 4.47 Å². The average Bonchev–Trinajstić information content (AvgIpc) is 2.33. The van der Waals surface area contributed by atoms with E-state index in [0.29, 0.717) is 12.1 Å². The second-order valence-corrected chi connectivity index (χ2v) is 5.74. The van der Waals surface area contributed by atoms with Crippen molar-refractivity contribution >= 4 is 21.7 Å². The lowest BCUT2D eigenvalue weighted by Gasteiger charge is -2.34. The van der Waals surface area contributed by atoms with Crippen LogP contribution in [-0.2, 0) is 0 Å². The highest BCUT2D eigenvalue weighted by Gasteiger charge is 2.24. The normalized spacial score (nSPS) is 24.7. The topological polar surface area (TPSA) is 42.2 Å². The van der Waals surface area contributed by atoms with E-state index in [1.807, 2.05) is 12.3 Å². The Morgan fingerprint density at radius 3 is 2.65 bits per heavy atom. The van der Waals surface area contributed by atoms with Gasteiger partial charge in [-0.3, -0.25) is 0 Å². The van der Waals surface area contributed by atoms with Gasteiger partial charge in [0.1, 0.15) is 5.82 Å². The summed E-state index contributed by atoms with van der Waals surface area (Å²) in [4.78, 5) is 6.78. The predicted octanol–water partition coefficient (Wildman–Crippen LogP) is 2.86. The lowest BCUT2D eigenvalue weighted by molar-refractivity contribution is 0.383. The van der Waals surface area contributed by atoms with Crippen molar-refractivity contribution in [2.45, 2.75) is 44.7 Å². The minimum absolute atomic E-state index is 0.397. The van der Waals surface area contributed by atoms with Crippen LogP contribution >= 0.6 is 15.9 Å². The maximum atomic E-state index is 5.95. The molecular weight excluding hydrogens is 278 g/mol. The maximum Gasteiger partial charge on any atom is 0.143 e. The number of pyridine rings is 1. The van der Waals surface area contributed by atoms with E-state index in [9.17, 15) is 0 Å². The van der Waals surface area contributed by atoms with Gasteiger partial charge in [-0.05, 0) is 60.2 Å². The molecule has 0 spiro atoms. The molecule has 1 fully saturated rings. The van der Waals surface area contributed by atoms with Crippen LogP contribution in [0.25, 0.3) is 0 Å². The van der Waals surface area contributed by atoms with E-state index in [4.69, 9.17) is 5.73 Å². The third-order valence-corrected chi connectivity index (χ3v) is 4.67. The van der Waals surface area contributed by atoms with Crippen LogP contribution in [0.3, 0.4) is 0 Å². The number of nitrogens with two attached hydrogens (primary N) is 1. The van der Waals surface area contributed by atoms with E-state index in [0.717, 1.165) is 23.1 Å². The Kier molecular flexibility index (Phi) is 4.05. The molecule has 1 aliphatic rings. The molecule has 0 atom stereocenters. The van der Waals surface area contributed by atoms with Crippen molar-refractivity contribution in [2.24, 2.45) is 5.73 Å². The van der Waals surface area contributed by atoms with E-state index < -0.39 is 0 Å². The van der Waals surface area contributed by atoms with Crippen LogP contribution < -0.4 is 10.6 Å². The summed E-state index contributed by atoms with van der Waals surface area (Å²) >= 11 is 3.63. The number of nitrogens with zero attached hydrogens (tertiary/aromatic N) is 2. The van der Waals surface area contributed by atoms with Gasteiger partial charge < -0.3 is 10.6 Å². The smallest absolute Gasteiger partial charge is 0.143 e. The van der Waals surface area contributed by atoms with Crippen LogP contribution in [0.5, 0.6) is 0 Å². The van der Waals surface area contributed by atoms with E-state index >= 15 is 0 Å². The summed E-state index contributed by atoms with van der Waals surface area (Å²) in [6.45, 7) is 2.10.